The molecule has 2 saturated heterocycles. The van der Waals surface area contributed by atoms with Crippen molar-refractivity contribution in [1.82, 2.24) is 15.5 Å². The second-order valence-electron chi connectivity index (χ2n) is 4.62. The molecule has 4 heteroatoms. The van der Waals surface area contributed by atoms with Crippen LogP contribution in [0.1, 0.15) is 19.8 Å². The van der Waals surface area contributed by atoms with Gasteiger partial charge in [0.15, 0.2) is 0 Å². The molecule has 0 aliphatic carbocycles. The first kappa shape index (κ1) is 10.9. The van der Waals surface area contributed by atoms with Crippen LogP contribution in [0, 0.1) is 5.92 Å². The summed E-state index contributed by atoms with van der Waals surface area (Å²) < 4.78 is 0. The third-order valence-electron chi connectivity index (χ3n) is 3.43. The van der Waals surface area contributed by atoms with Crippen LogP contribution in [0.15, 0.2) is 0 Å². The van der Waals surface area contributed by atoms with Gasteiger partial charge in [0.25, 0.3) is 0 Å². The van der Waals surface area contributed by atoms with Gasteiger partial charge in [-0.15, -0.1) is 0 Å². The highest BCUT2D eigenvalue weighted by molar-refractivity contribution is 5.79. The summed E-state index contributed by atoms with van der Waals surface area (Å²) in [5.41, 5.74) is 0. The zero-order valence-corrected chi connectivity index (χ0v) is 9.46. The minimum atomic E-state index is 0.141. The third kappa shape index (κ3) is 2.49. The van der Waals surface area contributed by atoms with E-state index in [4.69, 9.17) is 0 Å². The van der Waals surface area contributed by atoms with Crippen molar-refractivity contribution in [1.29, 1.82) is 0 Å². The highest BCUT2D eigenvalue weighted by Crippen LogP contribution is 2.16. The Balaban J connectivity index is 2.00. The van der Waals surface area contributed by atoms with E-state index >= 15 is 0 Å². The van der Waals surface area contributed by atoms with E-state index in [0.717, 1.165) is 45.6 Å². The summed E-state index contributed by atoms with van der Waals surface area (Å²) in [4.78, 5) is 14.2. The van der Waals surface area contributed by atoms with Crippen LogP contribution in [0.3, 0.4) is 0 Å². The minimum absolute atomic E-state index is 0.141. The number of carbonyl (C=O) groups excluding carboxylic acids is 1. The molecule has 2 N–H and O–H groups in total. The van der Waals surface area contributed by atoms with Gasteiger partial charge < -0.3 is 15.5 Å². The Hall–Kier alpha value is -0.610. The normalized spacial score (nSPS) is 30.3. The Bertz CT molecular complexity index is 226. The van der Waals surface area contributed by atoms with Crippen molar-refractivity contribution < 1.29 is 4.79 Å². The van der Waals surface area contributed by atoms with Gasteiger partial charge in [0.2, 0.25) is 5.91 Å². The van der Waals surface area contributed by atoms with E-state index in [0.29, 0.717) is 11.9 Å². The van der Waals surface area contributed by atoms with E-state index in [1.54, 1.807) is 0 Å². The maximum Gasteiger partial charge on any atom is 0.226 e. The molecular formula is C11H21N3O. The lowest BCUT2D eigenvalue weighted by molar-refractivity contribution is -0.136. The van der Waals surface area contributed by atoms with Crippen molar-refractivity contribution in [3.05, 3.63) is 0 Å². The maximum atomic E-state index is 12.1. The molecule has 1 atom stereocenters. The van der Waals surface area contributed by atoms with Gasteiger partial charge in [-0.3, -0.25) is 4.79 Å². The molecule has 0 saturated carbocycles. The lowest BCUT2D eigenvalue weighted by Crippen LogP contribution is -2.48. The van der Waals surface area contributed by atoms with E-state index in [-0.39, 0.29) is 5.92 Å². The standard InChI is InChI=1S/C11H21N3O/c1-9-8-13-6-7-14(11(9)15)10-2-4-12-5-3-10/h9-10,12-13H,2-8H2,1H3. The highest BCUT2D eigenvalue weighted by Gasteiger charge is 2.29. The van der Waals surface area contributed by atoms with Crippen molar-refractivity contribution in [2.75, 3.05) is 32.7 Å². The number of piperidine rings is 1. The molecule has 1 unspecified atom stereocenters. The SMILES string of the molecule is CC1CNCCN(C2CCNCC2)C1=O. The van der Waals surface area contributed by atoms with Crippen LogP contribution in [-0.4, -0.2) is 49.6 Å². The number of nitrogens with one attached hydrogen (secondary N) is 2. The van der Waals surface area contributed by atoms with E-state index in [2.05, 4.69) is 15.5 Å². The fourth-order valence-electron chi connectivity index (χ4n) is 2.48. The molecule has 0 spiro atoms. The number of amides is 1. The minimum Gasteiger partial charge on any atom is -0.338 e. The van der Waals surface area contributed by atoms with Crippen molar-refractivity contribution in [2.45, 2.75) is 25.8 Å². The zero-order chi connectivity index (χ0) is 10.7. The van der Waals surface area contributed by atoms with Crippen LogP contribution in [-0.2, 0) is 4.79 Å². The smallest absolute Gasteiger partial charge is 0.226 e. The van der Waals surface area contributed by atoms with E-state index in [9.17, 15) is 4.79 Å². The summed E-state index contributed by atoms with van der Waals surface area (Å²) in [6.07, 6.45) is 2.22. The molecule has 2 heterocycles. The first-order valence-corrected chi connectivity index (χ1v) is 6.01. The van der Waals surface area contributed by atoms with Crippen molar-refractivity contribution >= 4 is 5.91 Å². The molecule has 86 valence electrons. The first-order chi connectivity index (χ1) is 7.29. The quantitative estimate of drug-likeness (QED) is 0.632. The van der Waals surface area contributed by atoms with Gasteiger partial charge in [-0.1, -0.05) is 6.92 Å². The van der Waals surface area contributed by atoms with Crippen LogP contribution in [0.4, 0.5) is 0 Å². The fourth-order valence-corrected chi connectivity index (χ4v) is 2.48. The predicted molar refractivity (Wildman–Crippen MR) is 59.6 cm³/mol. The lowest BCUT2D eigenvalue weighted by Gasteiger charge is -2.34. The molecule has 0 radical (unpaired) electrons. The maximum absolute atomic E-state index is 12.1. The third-order valence-corrected chi connectivity index (χ3v) is 3.43. The Kier molecular flexibility index (Phi) is 3.59. The topological polar surface area (TPSA) is 44.4 Å². The lowest BCUT2D eigenvalue weighted by atomic mass is 10.0. The molecular weight excluding hydrogens is 190 g/mol. The molecule has 0 bridgehead atoms. The fraction of sp³-hybridized carbons (Fsp3) is 0.909. The van der Waals surface area contributed by atoms with Crippen LogP contribution < -0.4 is 10.6 Å². The van der Waals surface area contributed by atoms with Gasteiger partial charge in [0.1, 0.15) is 0 Å². The zero-order valence-electron chi connectivity index (χ0n) is 9.46. The van der Waals surface area contributed by atoms with Gasteiger partial charge in [0.05, 0.1) is 0 Å². The van der Waals surface area contributed by atoms with Gasteiger partial charge in [-0.2, -0.15) is 0 Å². The summed E-state index contributed by atoms with van der Waals surface area (Å²) in [6, 6.07) is 0.473. The Morgan fingerprint density at radius 3 is 2.67 bits per heavy atom. The number of hydrogen-bond acceptors (Lipinski definition) is 3. The van der Waals surface area contributed by atoms with Gasteiger partial charge >= 0.3 is 0 Å². The Morgan fingerprint density at radius 1 is 1.20 bits per heavy atom. The van der Waals surface area contributed by atoms with Gasteiger partial charge in [-0.25, -0.2) is 0 Å². The number of nitrogens with zero attached hydrogens (tertiary/aromatic N) is 1. The van der Waals surface area contributed by atoms with Gasteiger partial charge in [0, 0.05) is 31.6 Å². The summed E-state index contributed by atoms with van der Waals surface area (Å²) >= 11 is 0. The van der Waals surface area contributed by atoms with Crippen molar-refractivity contribution in [3.8, 4) is 0 Å². The van der Waals surface area contributed by atoms with Crippen LogP contribution >= 0.6 is 0 Å². The summed E-state index contributed by atoms with van der Waals surface area (Å²) in [5, 5.41) is 6.66. The summed E-state index contributed by atoms with van der Waals surface area (Å²) in [5.74, 6) is 0.481. The number of rotatable bonds is 1. The van der Waals surface area contributed by atoms with Crippen LogP contribution in [0.25, 0.3) is 0 Å². The number of hydrogen-bond donors (Lipinski definition) is 2. The molecule has 4 nitrogen and oxygen atoms in total. The average Bonchev–Trinajstić information content (AvgIpc) is 2.44. The second kappa shape index (κ2) is 4.94. The molecule has 0 aromatic carbocycles. The Morgan fingerprint density at radius 2 is 1.93 bits per heavy atom. The highest BCUT2D eigenvalue weighted by atomic mass is 16.2. The summed E-state index contributed by atoms with van der Waals surface area (Å²) in [6.45, 7) is 6.79. The van der Waals surface area contributed by atoms with Gasteiger partial charge in [-0.05, 0) is 25.9 Å². The van der Waals surface area contributed by atoms with Crippen LogP contribution in [0.2, 0.25) is 0 Å². The van der Waals surface area contributed by atoms with E-state index < -0.39 is 0 Å². The Labute approximate surface area is 91.4 Å². The molecule has 15 heavy (non-hydrogen) atoms. The largest absolute Gasteiger partial charge is 0.338 e. The monoisotopic (exact) mass is 211 g/mol. The average molecular weight is 211 g/mol. The molecule has 2 rings (SSSR count). The molecule has 2 fully saturated rings. The second-order valence-corrected chi connectivity index (χ2v) is 4.62. The van der Waals surface area contributed by atoms with E-state index in [1.807, 2.05) is 6.92 Å². The van der Waals surface area contributed by atoms with Crippen molar-refractivity contribution in [3.63, 3.8) is 0 Å². The van der Waals surface area contributed by atoms with Crippen LogP contribution in [0.5, 0.6) is 0 Å². The first-order valence-electron chi connectivity index (χ1n) is 6.01. The molecule has 2 aliphatic rings. The predicted octanol–water partition coefficient (Wildman–Crippen LogP) is -0.194. The molecule has 2 aliphatic heterocycles. The van der Waals surface area contributed by atoms with Crippen molar-refractivity contribution in [2.24, 2.45) is 5.92 Å². The number of carbonyl (C=O) groups is 1. The van der Waals surface area contributed by atoms with E-state index in [1.165, 1.54) is 0 Å². The summed E-state index contributed by atoms with van der Waals surface area (Å²) in [7, 11) is 0. The molecule has 0 aromatic heterocycles. The molecule has 1 amide bonds. The molecule has 0 aromatic rings.